The molecule has 0 heterocycles. The molecule has 0 unspecified atom stereocenters. The Morgan fingerprint density at radius 3 is 2.40 bits per heavy atom. The minimum absolute atomic E-state index is 0.106. The normalized spacial score (nSPS) is 10.2. The summed E-state index contributed by atoms with van der Waals surface area (Å²) in [6, 6.07) is 13.3. The highest BCUT2D eigenvalue weighted by atomic mass is 16.6. The van der Waals surface area contributed by atoms with Gasteiger partial charge in [-0.15, -0.1) is 0 Å². The van der Waals surface area contributed by atoms with Crippen molar-refractivity contribution in [2.75, 3.05) is 0 Å². The van der Waals surface area contributed by atoms with Gasteiger partial charge >= 0.3 is 17.9 Å². The molecule has 0 aliphatic rings. The molecule has 0 atom stereocenters. The van der Waals surface area contributed by atoms with Crippen molar-refractivity contribution in [1.29, 1.82) is 0 Å². The zero-order valence-electron chi connectivity index (χ0n) is 14.3. The largest absolute Gasteiger partial charge is 0.423 e. The third-order valence-electron chi connectivity index (χ3n) is 3.53. The molecule has 0 saturated heterocycles. The van der Waals surface area contributed by atoms with Crippen LogP contribution in [0.3, 0.4) is 0 Å². The fourth-order valence-corrected chi connectivity index (χ4v) is 2.29. The van der Waals surface area contributed by atoms with Crippen LogP contribution in [0.2, 0.25) is 0 Å². The van der Waals surface area contributed by atoms with Crippen molar-refractivity contribution in [3.8, 4) is 5.75 Å². The molecule has 2 rings (SSSR count). The van der Waals surface area contributed by atoms with Crippen LogP contribution in [-0.2, 0) is 16.0 Å². The molecule has 5 nitrogen and oxygen atoms in total. The van der Waals surface area contributed by atoms with Gasteiger partial charge in [-0.1, -0.05) is 44.5 Å². The van der Waals surface area contributed by atoms with Gasteiger partial charge in [-0.2, -0.15) is 0 Å². The lowest BCUT2D eigenvalue weighted by atomic mass is 10.0. The fraction of sp³-hybridized carbons (Fsp3) is 0.250. The van der Waals surface area contributed by atoms with Gasteiger partial charge in [0.05, 0.1) is 11.1 Å². The Hall–Kier alpha value is -2.95. The Kier molecular flexibility index (Phi) is 6.46. The van der Waals surface area contributed by atoms with Crippen molar-refractivity contribution < 1.29 is 23.9 Å². The maximum atomic E-state index is 12.4. The number of rotatable bonds is 6. The van der Waals surface area contributed by atoms with E-state index in [9.17, 15) is 14.4 Å². The van der Waals surface area contributed by atoms with Crippen LogP contribution in [0, 0.1) is 0 Å². The maximum absolute atomic E-state index is 12.4. The maximum Gasteiger partial charge on any atom is 0.345 e. The summed E-state index contributed by atoms with van der Waals surface area (Å²) in [5.74, 6) is -1.65. The van der Waals surface area contributed by atoms with Crippen LogP contribution in [0.25, 0.3) is 0 Å². The third kappa shape index (κ3) is 5.01. The highest BCUT2D eigenvalue weighted by molar-refractivity contribution is 5.97. The zero-order valence-corrected chi connectivity index (χ0v) is 14.3. The molecule has 0 fully saturated rings. The molecule has 0 bridgehead atoms. The predicted molar refractivity (Wildman–Crippen MR) is 92.6 cm³/mol. The lowest BCUT2D eigenvalue weighted by molar-refractivity contribution is -0.137. The van der Waals surface area contributed by atoms with E-state index in [4.69, 9.17) is 4.74 Å². The molecular formula is C20H20O5. The van der Waals surface area contributed by atoms with E-state index in [0.29, 0.717) is 5.56 Å². The lowest BCUT2D eigenvalue weighted by Gasteiger charge is -2.09. The highest BCUT2D eigenvalue weighted by Gasteiger charge is 2.16. The summed E-state index contributed by atoms with van der Waals surface area (Å²) in [6.07, 6.45) is 1.79. The second kappa shape index (κ2) is 8.78. The van der Waals surface area contributed by atoms with E-state index in [1.54, 1.807) is 31.2 Å². The average molecular weight is 340 g/mol. The van der Waals surface area contributed by atoms with Gasteiger partial charge in [-0.05, 0) is 36.2 Å². The average Bonchev–Trinajstić information content (AvgIpc) is 2.62. The topological polar surface area (TPSA) is 69.7 Å². The van der Waals surface area contributed by atoms with Crippen LogP contribution in [0.15, 0.2) is 48.5 Å². The molecular weight excluding hydrogens is 320 g/mol. The van der Waals surface area contributed by atoms with Gasteiger partial charge in [-0.3, -0.25) is 4.79 Å². The van der Waals surface area contributed by atoms with Crippen LogP contribution in [0.5, 0.6) is 5.75 Å². The number of carbonyl (C=O) groups excluding carboxylic acids is 3. The van der Waals surface area contributed by atoms with Crippen molar-refractivity contribution in [3.05, 3.63) is 65.2 Å². The van der Waals surface area contributed by atoms with E-state index in [2.05, 4.69) is 4.74 Å². The van der Waals surface area contributed by atoms with Crippen molar-refractivity contribution in [2.24, 2.45) is 0 Å². The Morgan fingerprint density at radius 1 is 0.920 bits per heavy atom. The molecule has 0 saturated carbocycles. The van der Waals surface area contributed by atoms with E-state index in [-0.39, 0.29) is 17.7 Å². The van der Waals surface area contributed by atoms with Crippen LogP contribution in [-0.4, -0.2) is 17.9 Å². The monoisotopic (exact) mass is 340 g/mol. The number of ether oxygens (including phenoxy) is 2. The van der Waals surface area contributed by atoms with Crippen molar-refractivity contribution in [1.82, 2.24) is 0 Å². The number of esters is 3. The molecule has 0 aromatic heterocycles. The molecule has 0 spiro atoms. The molecule has 2 aromatic carbocycles. The van der Waals surface area contributed by atoms with Gasteiger partial charge in [0.1, 0.15) is 5.75 Å². The highest BCUT2D eigenvalue weighted by Crippen LogP contribution is 2.18. The fourth-order valence-electron chi connectivity index (χ4n) is 2.29. The van der Waals surface area contributed by atoms with Crippen LogP contribution in [0.4, 0.5) is 0 Å². The molecule has 25 heavy (non-hydrogen) atoms. The van der Waals surface area contributed by atoms with Crippen LogP contribution >= 0.6 is 0 Å². The quantitative estimate of drug-likeness (QED) is 0.452. The first-order valence-corrected chi connectivity index (χ1v) is 8.20. The molecule has 2 aromatic rings. The minimum atomic E-state index is -0.767. The van der Waals surface area contributed by atoms with Gasteiger partial charge in [-0.25, -0.2) is 9.59 Å². The SMILES string of the molecule is CCCc1ccccc1C(=O)Oc1cccc(C(=O)OC(=O)CC)c1. The summed E-state index contributed by atoms with van der Waals surface area (Å²) in [6.45, 7) is 3.64. The Labute approximate surface area is 146 Å². The van der Waals surface area contributed by atoms with Crippen LogP contribution in [0.1, 0.15) is 53.0 Å². The summed E-state index contributed by atoms with van der Waals surface area (Å²) in [5, 5.41) is 0. The Bertz CT molecular complexity index is 779. The molecule has 130 valence electrons. The molecule has 0 amide bonds. The number of benzene rings is 2. The van der Waals surface area contributed by atoms with Gasteiger partial charge in [0.25, 0.3) is 0 Å². The Morgan fingerprint density at radius 2 is 1.68 bits per heavy atom. The number of carbonyl (C=O) groups is 3. The van der Waals surface area contributed by atoms with E-state index < -0.39 is 17.9 Å². The second-order valence-corrected chi connectivity index (χ2v) is 5.44. The van der Waals surface area contributed by atoms with E-state index in [0.717, 1.165) is 18.4 Å². The standard InChI is InChI=1S/C20H20O5/c1-3-8-14-9-5-6-12-17(14)20(23)24-16-11-7-10-15(13-16)19(22)25-18(21)4-2/h5-7,9-13H,3-4,8H2,1-2H3. The molecule has 0 radical (unpaired) electrons. The second-order valence-electron chi connectivity index (χ2n) is 5.44. The first kappa shape index (κ1) is 18.4. The molecule has 0 N–H and O–H groups in total. The summed E-state index contributed by atoms with van der Waals surface area (Å²) in [5.41, 5.74) is 1.56. The summed E-state index contributed by atoms with van der Waals surface area (Å²) in [7, 11) is 0. The summed E-state index contributed by atoms with van der Waals surface area (Å²) >= 11 is 0. The zero-order chi connectivity index (χ0) is 18.2. The molecule has 5 heteroatoms. The smallest absolute Gasteiger partial charge is 0.345 e. The van der Waals surface area contributed by atoms with E-state index in [1.165, 1.54) is 12.1 Å². The first-order chi connectivity index (χ1) is 12.0. The third-order valence-corrected chi connectivity index (χ3v) is 3.53. The number of aryl methyl sites for hydroxylation is 1. The number of hydrogen-bond donors (Lipinski definition) is 0. The van der Waals surface area contributed by atoms with Crippen molar-refractivity contribution >= 4 is 17.9 Å². The summed E-state index contributed by atoms with van der Waals surface area (Å²) in [4.78, 5) is 35.5. The predicted octanol–water partition coefficient (Wildman–Crippen LogP) is 3.95. The van der Waals surface area contributed by atoms with Gasteiger partial charge in [0.2, 0.25) is 0 Å². The lowest BCUT2D eigenvalue weighted by Crippen LogP contribution is -2.13. The first-order valence-electron chi connectivity index (χ1n) is 8.20. The van der Waals surface area contributed by atoms with Crippen molar-refractivity contribution in [2.45, 2.75) is 33.1 Å². The van der Waals surface area contributed by atoms with Gasteiger partial charge in [0, 0.05) is 6.42 Å². The number of hydrogen-bond acceptors (Lipinski definition) is 5. The molecule has 0 aliphatic carbocycles. The summed E-state index contributed by atoms with van der Waals surface area (Å²) < 4.78 is 10.0. The molecule has 0 aliphatic heterocycles. The minimum Gasteiger partial charge on any atom is -0.423 e. The Balaban J connectivity index is 2.15. The van der Waals surface area contributed by atoms with Crippen LogP contribution < -0.4 is 4.74 Å². The van der Waals surface area contributed by atoms with E-state index >= 15 is 0 Å². The van der Waals surface area contributed by atoms with Crippen molar-refractivity contribution in [3.63, 3.8) is 0 Å². The van der Waals surface area contributed by atoms with Gasteiger partial charge < -0.3 is 9.47 Å². The van der Waals surface area contributed by atoms with Gasteiger partial charge in [0.15, 0.2) is 0 Å². The van der Waals surface area contributed by atoms with E-state index in [1.807, 2.05) is 19.1 Å².